The summed E-state index contributed by atoms with van der Waals surface area (Å²) in [7, 11) is 1.56. The summed E-state index contributed by atoms with van der Waals surface area (Å²) >= 11 is 0. The van der Waals surface area contributed by atoms with Crippen molar-refractivity contribution < 1.29 is 9.47 Å². The largest absolute Gasteiger partial charge is 0.493 e. The molecule has 1 unspecified atom stereocenters. The minimum Gasteiger partial charge on any atom is -0.493 e. The van der Waals surface area contributed by atoms with Gasteiger partial charge in [-0.15, -0.1) is 0 Å². The van der Waals surface area contributed by atoms with Gasteiger partial charge in [-0.3, -0.25) is 4.98 Å². The van der Waals surface area contributed by atoms with E-state index in [-0.39, 0.29) is 6.10 Å². The molecule has 1 aromatic carbocycles. The summed E-state index contributed by atoms with van der Waals surface area (Å²) in [5.74, 6) is 1.17. The molecule has 4 heteroatoms. The molecule has 0 N–H and O–H groups in total. The third kappa shape index (κ3) is 3.02. The van der Waals surface area contributed by atoms with Crippen LogP contribution in [0.5, 0.6) is 11.5 Å². The Hall–Kier alpha value is -2.54. The Labute approximate surface area is 112 Å². The fraction of sp³-hybridized carbons (Fsp3) is 0.200. The predicted octanol–water partition coefficient (Wildman–Crippen LogP) is 3.10. The van der Waals surface area contributed by atoms with Crippen LogP contribution in [0.15, 0.2) is 42.7 Å². The van der Waals surface area contributed by atoms with Gasteiger partial charge >= 0.3 is 0 Å². The maximum atomic E-state index is 8.86. The molecule has 4 nitrogen and oxygen atoms in total. The summed E-state index contributed by atoms with van der Waals surface area (Å²) in [6.45, 7) is 1.95. The Morgan fingerprint density at radius 3 is 2.53 bits per heavy atom. The molecule has 0 amide bonds. The minimum absolute atomic E-state index is 0.121. The van der Waals surface area contributed by atoms with Crippen molar-refractivity contribution in [2.75, 3.05) is 7.11 Å². The van der Waals surface area contributed by atoms with Gasteiger partial charge in [0.2, 0.25) is 0 Å². The van der Waals surface area contributed by atoms with Crippen molar-refractivity contribution >= 4 is 0 Å². The van der Waals surface area contributed by atoms with Gasteiger partial charge in [-0.25, -0.2) is 0 Å². The zero-order valence-corrected chi connectivity index (χ0v) is 10.8. The van der Waals surface area contributed by atoms with Gasteiger partial charge in [0.1, 0.15) is 6.10 Å². The number of hydrogen-bond acceptors (Lipinski definition) is 4. The number of benzene rings is 1. The molecule has 2 aromatic rings. The van der Waals surface area contributed by atoms with E-state index in [9.17, 15) is 0 Å². The summed E-state index contributed by atoms with van der Waals surface area (Å²) in [5.41, 5.74) is 1.57. The molecule has 1 heterocycles. The van der Waals surface area contributed by atoms with Crippen molar-refractivity contribution in [3.05, 3.63) is 53.9 Å². The quantitative estimate of drug-likeness (QED) is 0.841. The van der Waals surface area contributed by atoms with Crippen molar-refractivity contribution in [1.82, 2.24) is 4.98 Å². The molecule has 2 rings (SSSR count). The molecule has 0 saturated carbocycles. The number of ether oxygens (including phenoxy) is 2. The van der Waals surface area contributed by atoms with Crippen molar-refractivity contribution in [3.63, 3.8) is 0 Å². The molecule has 0 saturated heterocycles. The van der Waals surface area contributed by atoms with Gasteiger partial charge in [-0.1, -0.05) is 0 Å². The first-order valence-corrected chi connectivity index (χ1v) is 5.89. The van der Waals surface area contributed by atoms with E-state index in [0.29, 0.717) is 17.1 Å². The molecule has 96 valence electrons. The van der Waals surface area contributed by atoms with E-state index in [1.54, 1.807) is 37.7 Å². The molecule has 19 heavy (non-hydrogen) atoms. The number of methoxy groups -OCH3 is 1. The third-order valence-electron chi connectivity index (χ3n) is 2.77. The molecule has 0 bridgehead atoms. The highest BCUT2D eigenvalue weighted by molar-refractivity contribution is 5.47. The smallest absolute Gasteiger partial charge is 0.162 e. The topological polar surface area (TPSA) is 55.1 Å². The van der Waals surface area contributed by atoms with Crippen molar-refractivity contribution in [2.24, 2.45) is 0 Å². The van der Waals surface area contributed by atoms with Crippen LogP contribution in [-0.2, 0) is 0 Å². The second-order valence-electron chi connectivity index (χ2n) is 4.02. The van der Waals surface area contributed by atoms with Gasteiger partial charge in [-0.2, -0.15) is 5.26 Å². The molecule has 0 aliphatic carbocycles. The van der Waals surface area contributed by atoms with Crippen LogP contribution in [-0.4, -0.2) is 12.1 Å². The highest BCUT2D eigenvalue weighted by Gasteiger charge is 2.11. The van der Waals surface area contributed by atoms with Gasteiger partial charge in [0.25, 0.3) is 0 Å². The van der Waals surface area contributed by atoms with Crippen LogP contribution in [0.2, 0.25) is 0 Å². The van der Waals surface area contributed by atoms with E-state index in [0.717, 1.165) is 5.56 Å². The van der Waals surface area contributed by atoms with Crippen LogP contribution < -0.4 is 9.47 Å². The van der Waals surface area contributed by atoms with Crippen LogP contribution in [0.4, 0.5) is 0 Å². The van der Waals surface area contributed by atoms with E-state index in [2.05, 4.69) is 11.1 Å². The summed E-state index contributed by atoms with van der Waals surface area (Å²) in [6.07, 6.45) is 3.33. The fourth-order valence-electron chi connectivity index (χ4n) is 1.73. The van der Waals surface area contributed by atoms with Crippen LogP contribution in [0, 0.1) is 11.3 Å². The molecular formula is C15H14N2O2. The van der Waals surface area contributed by atoms with Crippen LogP contribution in [0.1, 0.15) is 24.2 Å². The fourth-order valence-corrected chi connectivity index (χ4v) is 1.73. The first kappa shape index (κ1) is 12.9. The molecule has 0 radical (unpaired) electrons. The molecule has 0 fully saturated rings. The van der Waals surface area contributed by atoms with Crippen LogP contribution in [0.25, 0.3) is 0 Å². The third-order valence-corrected chi connectivity index (χ3v) is 2.77. The standard InChI is InChI=1S/C15H14N2O2/c1-11(13-5-7-17-8-6-13)19-14-4-3-12(10-16)9-15(14)18-2/h3-9,11H,1-2H3. The van der Waals surface area contributed by atoms with Crippen molar-refractivity contribution in [3.8, 4) is 17.6 Å². The normalized spacial score (nSPS) is 11.4. The highest BCUT2D eigenvalue weighted by Crippen LogP contribution is 2.31. The first-order valence-electron chi connectivity index (χ1n) is 5.89. The maximum absolute atomic E-state index is 8.86. The second-order valence-corrected chi connectivity index (χ2v) is 4.02. The van der Waals surface area contributed by atoms with Gasteiger partial charge in [0.15, 0.2) is 11.5 Å². The lowest BCUT2D eigenvalue weighted by molar-refractivity contribution is 0.216. The van der Waals surface area contributed by atoms with E-state index < -0.39 is 0 Å². The van der Waals surface area contributed by atoms with Gasteiger partial charge in [0, 0.05) is 18.5 Å². The molecule has 0 spiro atoms. The molecule has 0 aliphatic heterocycles. The molecular weight excluding hydrogens is 240 g/mol. The summed E-state index contributed by atoms with van der Waals surface area (Å²) in [6, 6.07) is 11.0. The number of pyridine rings is 1. The van der Waals surface area contributed by atoms with Crippen molar-refractivity contribution in [1.29, 1.82) is 5.26 Å². The van der Waals surface area contributed by atoms with E-state index in [1.165, 1.54) is 0 Å². The monoisotopic (exact) mass is 254 g/mol. The Morgan fingerprint density at radius 1 is 1.16 bits per heavy atom. The molecule has 1 aromatic heterocycles. The average Bonchev–Trinajstić information content (AvgIpc) is 2.48. The Morgan fingerprint density at radius 2 is 1.89 bits per heavy atom. The Balaban J connectivity index is 2.22. The summed E-state index contributed by atoms with van der Waals surface area (Å²) in [4.78, 5) is 3.97. The predicted molar refractivity (Wildman–Crippen MR) is 71.0 cm³/mol. The zero-order chi connectivity index (χ0) is 13.7. The summed E-state index contributed by atoms with van der Waals surface area (Å²) < 4.78 is 11.1. The minimum atomic E-state index is -0.121. The zero-order valence-electron chi connectivity index (χ0n) is 10.8. The van der Waals surface area contributed by atoms with Crippen LogP contribution >= 0.6 is 0 Å². The van der Waals surface area contributed by atoms with Gasteiger partial charge in [0.05, 0.1) is 18.7 Å². The van der Waals surface area contributed by atoms with Crippen molar-refractivity contribution in [2.45, 2.75) is 13.0 Å². The highest BCUT2D eigenvalue weighted by atomic mass is 16.5. The second kappa shape index (κ2) is 5.87. The van der Waals surface area contributed by atoms with Crippen LogP contribution in [0.3, 0.4) is 0 Å². The van der Waals surface area contributed by atoms with Gasteiger partial charge < -0.3 is 9.47 Å². The average molecular weight is 254 g/mol. The number of hydrogen-bond donors (Lipinski definition) is 0. The first-order chi connectivity index (χ1) is 9.24. The number of aromatic nitrogens is 1. The van der Waals surface area contributed by atoms with Gasteiger partial charge in [-0.05, 0) is 36.8 Å². The number of nitrogens with zero attached hydrogens (tertiary/aromatic N) is 2. The van der Waals surface area contributed by atoms with E-state index >= 15 is 0 Å². The van der Waals surface area contributed by atoms with E-state index in [1.807, 2.05) is 19.1 Å². The summed E-state index contributed by atoms with van der Waals surface area (Å²) in [5, 5.41) is 8.86. The Bertz CT molecular complexity index is 591. The molecule has 1 atom stereocenters. The maximum Gasteiger partial charge on any atom is 0.162 e. The Kier molecular flexibility index (Phi) is 3.99. The lowest BCUT2D eigenvalue weighted by Crippen LogP contribution is -2.04. The lowest BCUT2D eigenvalue weighted by atomic mass is 10.1. The molecule has 0 aliphatic rings. The number of rotatable bonds is 4. The SMILES string of the molecule is COc1cc(C#N)ccc1OC(C)c1ccncc1. The lowest BCUT2D eigenvalue weighted by Gasteiger charge is -2.17. The number of nitriles is 1. The van der Waals surface area contributed by atoms with E-state index in [4.69, 9.17) is 14.7 Å².